The molecule has 8 heteroatoms. The van der Waals surface area contributed by atoms with Gasteiger partial charge in [-0.1, -0.05) is 53.2 Å². The molecule has 3 aromatic rings. The molecule has 30 heavy (non-hydrogen) atoms. The van der Waals surface area contributed by atoms with Gasteiger partial charge in [-0.2, -0.15) is 0 Å². The van der Waals surface area contributed by atoms with Crippen LogP contribution in [0.25, 0.3) is 0 Å². The summed E-state index contributed by atoms with van der Waals surface area (Å²) in [7, 11) is 0. The molecule has 3 aromatic carbocycles. The maximum absolute atomic E-state index is 12.9. The molecule has 0 aliphatic carbocycles. The number of hydrogen-bond donors (Lipinski definition) is 0. The molecule has 2 heterocycles. The number of carbonyl (C=O) groups excluding carboxylic acids is 2. The van der Waals surface area contributed by atoms with Crippen LogP contribution >= 0.6 is 23.4 Å². The molecule has 2 aliphatic heterocycles. The van der Waals surface area contributed by atoms with Gasteiger partial charge in [-0.15, -0.1) is 0 Å². The highest BCUT2D eigenvalue weighted by atomic mass is 35.5. The van der Waals surface area contributed by atoms with Crippen LogP contribution in [0.1, 0.15) is 5.56 Å². The van der Waals surface area contributed by atoms with Crippen LogP contribution in [0.5, 0.6) is 0 Å². The number of oxime groups is 1. The minimum Gasteiger partial charge on any atom is -0.331 e. The Morgan fingerprint density at radius 1 is 0.800 bits per heavy atom. The molecule has 6 nitrogen and oxygen atoms in total. The summed E-state index contributed by atoms with van der Waals surface area (Å²) in [6.45, 7) is 0. The van der Waals surface area contributed by atoms with Gasteiger partial charge in [0.25, 0.3) is 5.12 Å². The van der Waals surface area contributed by atoms with Gasteiger partial charge in [0.05, 0.1) is 5.69 Å². The molecular formula is C22H14ClN3O3S. The van der Waals surface area contributed by atoms with E-state index in [1.54, 1.807) is 41.3 Å². The van der Waals surface area contributed by atoms with E-state index < -0.39 is 16.2 Å². The van der Waals surface area contributed by atoms with Gasteiger partial charge in [0, 0.05) is 28.0 Å². The van der Waals surface area contributed by atoms with Crippen LogP contribution in [-0.4, -0.2) is 22.0 Å². The number of hydrogen-bond acceptors (Lipinski definition) is 6. The number of rotatable bonds is 3. The molecule has 1 unspecified atom stereocenters. The predicted molar refractivity (Wildman–Crippen MR) is 117 cm³/mol. The second-order valence-electron chi connectivity index (χ2n) is 6.60. The molecule has 1 fully saturated rings. The maximum Gasteiger partial charge on any atom is 0.359 e. The second kappa shape index (κ2) is 7.19. The third-order valence-corrected chi connectivity index (χ3v) is 6.08. The number of carbonyl (C=O) groups is 2. The molecule has 0 radical (unpaired) electrons. The molecular weight excluding hydrogens is 422 g/mol. The minimum absolute atomic E-state index is 0.466. The summed E-state index contributed by atoms with van der Waals surface area (Å²) in [5.41, 5.74) is 1.99. The molecule has 0 N–H and O–H groups in total. The summed E-state index contributed by atoms with van der Waals surface area (Å²) in [4.78, 5) is 34.5. The smallest absolute Gasteiger partial charge is 0.331 e. The zero-order valence-corrected chi connectivity index (χ0v) is 17.0. The van der Waals surface area contributed by atoms with E-state index in [4.69, 9.17) is 16.4 Å². The fourth-order valence-corrected chi connectivity index (χ4v) is 4.64. The topological polar surface area (TPSA) is 62.2 Å². The van der Waals surface area contributed by atoms with E-state index in [1.165, 1.54) is 4.90 Å². The van der Waals surface area contributed by atoms with Crippen molar-refractivity contribution in [2.24, 2.45) is 5.16 Å². The van der Waals surface area contributed by atoms with Crippen molar-refractivity contribution in [1.29, 1.82) is 0 Å². The van der Waals surface area contributed by atoms with Crippen molar-refractivity contribution in [2.45, 2.75) is 5.18 Å². The maximum atomic E-state index is 12.9. The van der Waals surface area contributed by atoms with E-state index in [-0.39, 0.29) is 0 Å². The van der Waals surface area contributed by atoms with Crippen LogP contribution in [-0.2, 0) is 14.4 Å². The first-order valence-electron chi connectivity index (χ1n) is 9.10. The monoisotopic (exact) mass is 435 g/mol. The number of thioether (sulfide) groups is 1. The van der Waals surface area contributed by atoms with Crippen molar-refractivity contribution in [3.63, 3.8) is 0 Å². The highest BCUT2D eigenvalue weighted by molar-refractivity contribution is 8.17. The Hall–Kier alpha value is -3.29. The Labute approximate surface area is 181 Å². The number of amides is 1. The Morgan fingerprint density at radius 3 is 1.97 bits per heavy atom. The molecule has 1 spiro atoms. The summed E-state index contributed by atoms with van der Waals surface area (Å²) in [6.07, 6.45) is 0. The van der Waals surface area contributed by atoms with Crippen LogP contribution in [0.15, 0.2) is 90.1 Å². The fraction of sp³-hybridized carbons (Fsp3) is 0.0455. The summed E-state index contributed by atoms with van der Waals surface area (Å²) in [5.74, 6) is -0.200. The van der Waals surface area contributed by atoms with Crippen LogP contribution in [0.3, 0.4) is 0 Å². The molecule has 2 aliphatic rings. The zero-order chi connectivity index (χ0) is 20.7. The number of anilines is 2. The molecule has 148 valence electrons. The lowest BCUT2D eigenvalue weighted by molar-refractivity contribution is -0.131. The minimum atomic E-state index is -1.51. The average Bonchev–Trinajstić information content (AvgIpc) is 3.26. The standard InChI is InChI=1S/C22H14ClN3O3S/c23-16-13-11-15(12-14-16)19-24-29-22(25(19)17-7-3-1-4-8-17)26(20(27)21(28)30-22)18-9-5-2-6-10-18/h1-14H. The van der Waals surface area contributed by atoms with Crippen molar-refractivity contribution < 1.29 is 14.4 Å². The van der Waals surface area contributed by atoms with Crippen molar-refractivity contribution in [3.8, 4) is 0 Å². The third kappa shape index (κ3) is 2.86. The van der Waals surface area contributed by atoms with Gasteiger partial charge in [-0.25, -0.2) is 4.90 Å². The summed E-state index contributed by atoms with van der Waals surface area (Å²) in [6, 6.07) is 25.5. The Kier molecular flexibility index (Phi) is 4.49. The lowest BCUT2D eigenvalue weighted by Gasteiger charge is -2.38. The lowest BCUT2D eigenvalue weighted by atomic mass is 10.1. The largest absolute Gasteiger partial charge is 0.359 e. The van der Waals surface area contributed by atoms with Crippen LogP contribution in [0.4, 0.5) is 11.4 Å². The quantitative estimate of drug-likeness (QED) is 0.568. The number of para-hydroxylation sites is 2. The average molecular weight is 436 g/mol. The number of halogens is 1. The fourth-order valence-electron chi connectivity index (χ4n) is 3.45. The highest BCUT2D eigenvalue weighted by Crippen LogP contribution is 2.49. The van der Waals surface area contributed by atoms with Crippen LogP contribution in [0.2, 0.25) is 5.02 Å². The Balaban J connectivity index is 1.69. The number of benzene rings is 3. The van der Waals surface area contributed by atoms with Crippen molar-refractivity contribution >= 4 is 51.6 Å². The van der Waals surface area contributed by atoms with Gasteiger partial charge in [0.1, 0.15) is 0 Å². The predicted octanol–water partition coefficient (Wildman–Crippen LogP) is 4.46. The first-order chi connectivity index (χ1) is 14.6. The van der Waals surface area contributed by atoms with Crippen molar-refractivity contribution in [3.05, 3.63) is 95.5 Å². The third-order valence-electron chi connectivity index (χ3n) is 4.76. The Morgan fingerprint density at radius 2 is 1.37 bits per heavy atom. The van der Waals surface area contributed by atoms with E-state index in [9.17, 15) is 9.59 Å². The van der Waals surface area contributed by atoms with E-state index in [2.05, 4.69) is 5.16 Å². The van der Waals surface area contributed by atoms with Gasteiger partial charge >= 0.3 is 11.1 Å². The first kappa shape index (κ1) is 18.7. The molecule has 1 saturated heterocycles. The summed E-state index contributed by atoms with van der Waals surface area (Å²) in [5, 5.41) is 2.77. The number of nitrogens with zero attached hydrogens (tertiary/aromatic N) is 3. The Bertz CT molecular complexity index is 1160. The second-order valence-corrected chi connectivity index (χ2v) is 8.14. The molecule has 0 saturated carbocycles. The van der Waals surface area contributed by atoms with E-state index >= 15 is 0 Å². The van der Waals surface area contributed by atoms with Gasteiger partial charge in [0.2, 0.25) is 0 Å². The van der Waals surface area contributed by atoms with E-state index in [0.717, 1.165) is 23.0 Å². The summed E-state index contributed by atoms with van der Waals surface area (Å²) < 4.78 is 0. The SMILES string of the molecule is O=C1SC2(ON=C(c3ccc(Cl)cc3)N2c2ccccc2)N(c2ccccc2)C1=O. The van der Waals surface area contributed by atoms with Gasteiger partial charge in [-0.3, -0.25) is 14.5 Å². The zero-order valence-electron chi connectivity index (χ0n) is 15.4. The van der Waals surface area contributed by atoms with Gasteiger partial charge < -0.3 is 4.84 Å². The molecule has 0 bridgehead atoms. The molecule has 1 atom stereocenters. The summed E-state index contributed by atoms with van der Waals surface area (Å²) >= 11 is 6.84. The number of amidine groups is 1. The van der Waals surface area contributed by atoms with Crippen molar-refractivity contribution in [2.75, 3.05) is 9.80 Å². The molecule has 1 amide bonds. The van der Waals surface area contributed by atoms with Crippen molar-refractivity contribution in [1.82, 2.24) is 0 Å². The normalized spacial score (nSPS) is 20.6. The molecule has 0 aromatic heterocycles. The van der Waals surface area contributed by atoms with E-state index in [0.29, 0.717) is 16.5 Å². The lowest BCUT2D eigenvalue weighted by Crippen LogP contribution is -2.57. The highest BCUT2D eigenvalue weighted by Gasteiger charge is 2.63. The van der Waals surface area contributed by atoms with E-state index in [1.807, 2.05) is 48.5 Å². The van der Waals surface area contributed by atoms with Gasteiger partial charge in [0.15, 0.2) is 5.84 Å². The first-order valence-corrected chi connectivity index (χ1v) is 10.3. The van der Waals surface area contributed by atoms with Crippen LogP contribution in [0, 0.1) is 0 Å². The van der Waals surface area contributed by atoms with Crippen LogP contribution < -0.4 is 9.80 Å². The van der Waals surface area contributed by atoms with Gasteiger partial charge in [-0.05, 0) is 48.5 Å². The molecule has 5 rings (SSSR count).